The zero-order valence-electron chi connectivity index (χ0n) is 21.0. The van der Waals surface area contributed by atoms with Crippen molar-refractivity contribution < 1.29 is 18.3 Å². The third-order valence-electron chi connectivity index (χ3n) is 6.51. The van der Waals surface area contributed by atoms with Gasteiger partial charge in [-0.3, -0.25) is 4.90 Å². The Labute approximate surface area is 225 Å². The van der Waals surface area contributed by atoms with E-state index in [1.54, 1.807) is 43.5 Å². The molecule has 0 atom stereocenters. The maximum atomic E-state index is 15.3. The molecule has 1 aromatic heterocycles. The summed E-state index contributed by atoms with van der Waals surface area (Å²) in [5, 5.41) is 4.15. The van der Waals surface area contributed by atoms with Crippen molar-refractivity contribution in [2.24, 2.45) is 0 Å². The molecule has 198 valence electrons. The number of aromatic nitrogens is 2. The number of rotatable bonds is 9. The van der Waals surface area contributed by atoms with Crippen LogP contribution < -0.4 is 15.0 Å². The predicted molar refractivity (Wildman–Crippen MR) is 145 cm³/mol. The van der Waals surface area contributed by atoms with E-state index in [0.717, 1.165) is 32.7 Å². The van der Waals surface area contributed by atoms with Gasteiger partial charge in [-0.15, -0.1) is 0 Å². The smallest absolute Gasteiger partial charge is 0.147 e. The van der Waals surface area contributed by atoms with Gasteiger partial charge in [0.25, 0.3) is 0 Å². The minimum atomic E-state index is -0.321. The van der Waals surface area contributed by atoms with Gasteiger partial charge in [0, 0.05) is 50.9 Å². The van der Waals surface area contributed by atoms with E-state index in [1.165, 1.54) is 24.5 Å². The van der Waals surface area contributed by atoms with E-state index in [-0.39, 0.29) is 18.2 Å². The summed E-state index contributed by atoms with van der Waals surface area (Å²) in [5.41, 5.74) is 2.54. The molecule has 1 saturated heterocycles. The topological polar surface area (TPSA) is 62.8 Å². The molecule has 7 nitrogen and oxygen atoms in total. The van der Waals surface area contributed by atoms with Gasteiger partial charge in [-0.25, -0.2) is 18.7 Å². The van der Waals surface area contributed by atoms with Gasteiger partial charge in [0.2, 0.25) is 0 Å². The molecular weight excluding hydrogens is 512 g/mol. The largest absolute Gasteiger partial charge is 0.487 e. The third-order valence-corrected chi connectivity index (χ3v) is 6.80. The molecule has 0 aliphatic carbocycles. The van der Waals surface area contributed by atoms with Crippen LogP contribution in [0.5, 0.6) is 5.75 Å². The number of hydrogen-bond donors (Lipinski definition) is 1. The monoisotopic (exact) mass is 539 g/mol. The maximum absolute atomic E-state index is 15.3. The van der Waals surface area contributed by atoms with E-state index < -0.39 is 0 Å². The second-order valence-electron chi connectivity index (χ2n) is 9.05. The van der Waals surface area contributed by atoms with Crippen molar-refractivity contribution >= 4 is 39.7 Å². The van der Waals surface area contributed by atoms with Crippen LogP contribution in [0.4, 0.5) is 26.0 Å². The average molecular weight is 540 g/mol. The Morgan fingerprint density at radius 3 is 2.61 bits per heavy atom. The first-order valence-electron chi connectivity index (χ1n) is 12.3. The third kappa shape index (κ3) is 6.12. The van der Waals surface area contributed by atoms with Crippen LogP contribution in [0.25, 0.3) is 10.9 Å². The Morgan fingerprint density at radius 1 is 1.00 bits per heavy atom. The molecule has 0 bridgehead atoms. The molecule has 1 fully saturated rings. The number of benzene rings is 3. The van der Waals surface area contributed by atoms with Crippen molar-refractivity contribution in [3.05, 3.63) is 83.1 Å². The lowest BCUT2D eigenvalue weighted by Gasteiger charge is -2.36. The van der Waals surface area contributed by atoms with Crippen LogP contribution in [0.3, 0.4) is 0 Å². The summed E-state index contributed by atoms with van der Waals surface area (Å²) in [7, 11) is 1.70. The summed E-state index contributed by atoms with van der Waals surface area (Å²) in [5.74, 6) is 0.291. The minimum Gasteiger partial charge on any atom is -0.487 e. The zero-order chi connectivity index (χ0) is 26.5. The summed E-state index contributed by atoms with van der Waals surface area (Å²) in [6.07, 6.45) is 1.45. The summed E-state index contributed by atoms with van der Waals surface area (Å²) in [4.78, 5) is 13.1. The lowest BCUT2D eigenvalue weighted by atomic mass is 10.1. The van der Waals surface area contributed by atoms with Gasteiger partial charge in [0.15, 0.2) is 0 Å². The van der Waals surface area contributed by atoms with E-state index in [2.05, 4.69) is 25.1 Å². The second-order valence-corrected chi connectivity index (χ2v) is 9.46. The van der Waals surface area contributed by atoms with Gasteiger partial charge in [-0.2, -0.15) is 0 Å². The van der Waals surface area contributed by atoms with Crippen LogP contribution in [0, 0.1) is 11.6 Å². The summed E-state index contributed by atoms with van der Waals surface area (Å²) >= 11 is 6.43. The molecule has 0 radical (unpaired) electrons. The van der Waals surface area contributed by atoms with Gasteiger partial charge in [-0.1, -0.05) is 23.7 Å². The zero-order valence-corrected chi connectivity index (χ0v) is 21.7. The van der Waals surface area contributed by atoms with Crippen LogP contribution >= 0.6 is 11.6 Å². The van der Waals surface area contributed by atoms with Crippen LogP contribution in [-0.2, 0) is 11.3 Å². The highest BCUT2D eigenvalue weighted by atomic mass is 35.5. The maximum Gasteiger partial charge on any atom is 0.147 e. The number of hydrogen-bond acceptors (Lipinski definition) is 7. The Morgan fingerprint density at radius 2 is 1.84 bits per heavy atom. The Balaban J connectivity index is 1.29. The van der Waals surface area contributed by atoms with E-state index >= 15 is 4.39 Å². The predicted octanol–water partition coefficient (Wildman–Crippen LogP) is 5.65. The number of anilines is 3. The van der Waals surface area contributed by atoms with Crippen molar-refractivity contribution in [3.63, 3.8) is 0 Å². The van der Waals surface area contributed by atoms with Crippen molar-refractivity contribution in [1.29, 1.82) is 0 Å². The number of nitrogens with one attached hydrogen (secondary N) is 1. The fraction of sp³-hybridized carbons (Fsp3) is 0.286. The molecule has 38 heavy (non-hydrogen) atoms. The van der Waals surface area contributed by atoms with Gasteiger partial charge < -0.3 is 19.7 Å². The first kappa shape index (κ1) is 26.1. The van der Waals surface area contributed by atoms with E-state index in [4.69, 9.17) is 21.1 Å². The standard InChI is InChI=1S/C28H28ClF2N5O2/c1-37-12-11-35-7-9-36(10-8-35)26-16-25-22(15-24(26)31)28(33-18-32-25)34-21-5-6-27(23(29)14-21)38-17-19-3-2-4-20(30)13-19/h2-6,13-16,18H,7-12,17H2,1H3,(H,32,33,34). The molecule has 0 spiro atoms. The lowest BCUT2D eigenvalue weighted by molar-refractivity contribution is 0.144. The Bertz CT molecular complexity index is 1420. The van der Waals surface area contributed by atoms with Crippen molar-refractivity contribution in [2.45, 2.75) is 6.61 Å². The molecule has 4 aromatic rings. The number of halogens is 3. The highest BCUT2D eigenvalue weighted by Crippen LogP contribution is 2.33. The highest BCUT2D eigenvalue weighted by Gasteiger charge is 2.21. The summed E-state index contributed by atoms with van der Waals surface area (Å²) in [6, 6.07) is 14.7. The van der Waals surface area contributed by atoms with E-state index in [9.17, 15) is 4.39 Å². The fourth-order valence-corrected chi connectivity index (χ4v) is 4.70. The molecule has 0 saturated carbocycles. The SMILES string of the molecule is COCCN1CCN(c2cc3ncnc(Nc4ccc(OCc5cccc(F)c5)c(Cl)c4)c3cc2F)CC1. The number of piperazine rings is 1. The number of nitrogens with zero attached hydrogens (tertiary/aromatic N) is 4. The molecule has 10 heteroatoms. The van der Waals surface area contributed by atoms with Crippen LogP contribution in [0.2, 0.25) is 5.02 Å². The van der Waals surface area contributed by atoms with Crippen LogP contribution in [0.1, 0.15) is 5.56 Å². The van der Waals surface area contributed by atoms with E-state index in [1.807, 2.05) is 0 Å². The first-order valence-corrected chi connectivity index (χ1v) is 12.7. The lowest BCUT2D eigenvalue weighted by Crippen LogP contribution is -2.47. The average Bonchev–Trinajstić information content (AvgIpc) is 2.92. The Kier molecular flexibility index (Phi) is 8.17. The van der Waals surface area contributed by atoms with Crippen molar-refractivity contribution in [2.75, 3.05) is 56.7 Å². The molecule has 2 heterocycles. The normalized spacial score (nSPS) is 14.2. The second kappa shape index (κ2) is 11.9. The molecule has 5 rings (SSSR count). The molecule has 1 N–H and O–H groups in total. The molecule has 0 unspecified atom stereocenters. The van der Waals surface area contributed by atoms with Gasteiger partial charge in [0.05, 0.1) is 22.8 Å². The molecule has 3 aromatic carbocycles. The Hall–Kier alpha value is -3.53. The molecular formula is C28H28ClF2N5O2. The number of fused-ring (bicyclic) bond motifs is 1. The summed E-state index contributed by atoms with van der Waals surface area (Å²) in [6.45, 7) is 4.90. The van der Waals surface area contributed by atoms with Gasteiger partial charge in [-0.05, 0) is 48.0 Å². The van der Waals surface area contributed by atoms with Crippen LogP contribution in [-0.4, -0.2) is 61.3 Å². The number of methoxy groups -OCH3 is 1. The van der Waals surface area contributed by atoms with Gasteiger partial charge in [0.1, 0.15) is 36.1 Å². The first-order chi connectivity index (χ1) is 18.5. The van der Waals surface area contributed by atoms with Crippen LogP contribution in [0.15, 0.2) is 60.9 Å². The highest BCUT2D eigenvalue weighted by molar-refractivity contribution is 6.32. The molecule has 1 aliphatic heterocycles. The molecule has 0 amide bonds. The minimum absolute atomic E-state index is 0.185. The van der Waals surface area contributed by atoms with Crippen molar-refractivity contribution in [3.8, 4) is 5.75 Å². The number of ether oxygens (including phenoxy) is 2. The van der Waals surface area contributed by atoms with Gasteiger partial charge >= 0.3 is 0 Å². The van der Waals surface area contributed by atoms with E-state index in [0.29, 0.717) is 51.0 Å². The fourth-order valence-electron chi connectivity index (χ4n) is 4.46. The summed E-state index contributed by atoms with van der Waals surface area (Å²) < 4.78 is 39.6. The molecule has 1 aliphatic rings. The van der Waals surface area contributed by atoms with Crippen molar-refractivity contribution in [1.82, 2.24) is 14.9 Å². The quantitative estimate of drug-likeness (QED) is 0.295.